The Kier molecular flexibility index (Phi) is 19.1. The van der Waals surface area contributed by atoms with E-state index >= 15 is 0 Å². The van der Waals surface area contributed by atoms with Gasteiger partial charge in [-0.05, 0) is 271 Å². The van der Waals surface area contributed by atoms with Crippen molar-refractivity contribution in [2.45, 2.75) is 49.7 Å². The molecule has 12 heteroatoms. The predicted molar refractivity (Wildman–Crippen MR) is 603 cm³/mol. The third kappa shape index (κ3) is 12.7. The molecule has 0 bridgehead atoms. The van der Waals surface area contributed by atoms with Gasteiger partial charge in [0.15, 0.2) is 23.3 Å². The summed E-state index contributed by atoms with van der Waals surface area (Å²) in [6.07, 6.45) is 0. The van der Waals surface area contributed by atoms with Gasteiger partial charge in [-0.3, -0.25) is 9.13 Å². The minimum atomic E-state index is -0.485. The number of hydrogen-bond donors (Lipinski definition) is 0. The van der Waals surface area contributed by atoms with Crippen LogP contribution in [0.2, 0.25) is 0 Å². The second-order valence-corrected chi connectivity index (χ2v) is 40.9. The second-order valence-electron chi connectivity index (χ2n) is 40.0. The first-order chi connectivity index (χ1) is 71.8. The lowest BCUT2D eigenvalue weighted by atomic mass is 9.70. The lowest BCUT2D eigenvalue weighted by Crippen LogP contribution is -2.41. The zero-order valence-electron chi connectivity index (χ0n) is 80.2. The molecule has 2 spiro atoms. The van der Waals surface area contributed by atoms with Crippen LogP contribution in [0.4, 0.5) is 0 Å². The number of hydrogen-bond acceptors (Lipinski definition) is 8. The molecule has 5 aliphatic rings. The summed E-state index contributed by atoms with van der Waals surface area (Å²) in [5.74, 6) is 3.60. The SMILES string of the molecule is Brc1ccc2c(c1)-c1cc3c4ccccc4c4ccccc4c3cc1C21c2ccccc2-c2ccccc21.CC1(C)OB(c2cccc(-c3nc(-c4ccccc4)nc(-n4c5ccccc5c5ccccc54)n3)c2)OC1(C)C.c1ccc(-c2nc(-c3cccc(-c4ccc5c(c4)-c4cc6c7ccccc7c7ccccc7c6cc4C54c5ccccc5-c5ccccc54)c3)nc(-n3c4ccccc4c4ccccc43)n2)cc1. The van der Waals surface area contributed by atoms with Gasteiger partial charge >= 0.3 is 7.12 Å². The van der Waals surface area contributed by atoms with E-state index < -0.39 is 23.7 Å². The van der Waals surface area contributed by atoms with Crippen molar-refractivity contribution < 1.29 is 9.31 Å². The maximum Gasteiger partial charge on any atom is 0.494 e. The van der Waals surface area contributed by atoms with Gasteiger partial charge in [0, 0.05) is 48.3 Å². The highest BCUT2D eigenvalue weighted by Gasteiger charge is 2.55. The molecule has 0 N–H and O–H groups in total. The summed E-state index contributed by atoms with van der Waals surface area (Å²) in [6.45, 7) is 8.25. The van der Waals surface area contributed by atoms with Gasteiger partial charge in [0.05, 0.1) is 44.1 Å². The first-order valence-electron chi connectivity index (χ1n) is 50.1. The fraction of sp³-hybridized carbons (Fsp3) is 0.0597. The smallest absolute Gasteiger partial charge is 0.399 e. The number of benzene rings is 22. The number of para-hydroxylation sites is 4. The molecule has 686 valence electrons. The van der Waals surface area contributed by atoms with Gasteiger partial charge in [0.25, 0.3) is 0 Å². The zero-order chi connectivity index (χ0) is 97.0. The van der Waals surface area contributed by atoms with E-state index in [2.05, 4.69) is 435 Å². The predicted octanol–water partition coefficient (Wildman–Crippen LogP) is 32.6. The van der Waals surface area contributed by atoms with Gasteiger partial charge in [0.1, 0.15) is 0 Å². The quantitative estimate of drug-likeness (QED) is 0.109. The van der Waals surface area contributed by atoms with E-state index in [1.54, 1.807) is 0 Å². The highest BCUT2D eigenvalue weighted by Crippen LogP contribution is 2.67. The molecule has 0 saturated carbocycles. The second kappa shape index (κ2) is 32.8. The maximum absolute atomic E-state index is 6.33. The number of halogens is 1. The zero-order valence-corrected chi connectivity index (χ0v) is 81.8. The molecule has 1 saturated heterocycles. The van der Waals surface area contributed by atoms with E-state index in [0.717, 1.165) is 86.9 Å². The molecule has 4 aromatic heterocycles. The summed E-state index contributed by atoms with van der Waals surface area (Å²) >= 11 is 3.80. The Morgan fingerprint density at radius 1 is 0.199 bits per heavy atom. The Hall–Kier alpha value is -17.5. The largest absolute Gasteiger partial charge is 0.494 e. The van der Waals surface area contributed by atoms with Crippen LogP contribution in [-0.2, 0) is 20.1 Å². The lowest BCUT2D eigenvalue weighted by Gasteiger charge is -2.32. The van der Waals surface area contributed by atoms with Crippen LogP contribution in [0.5, 0.6) is 0 Å². The van der Waals surface area contributed by atoms with Gasteiger partial charge in [-0.15, -0.1) is 0 Å². The van der Waals surface area contributed by atoms with Crippen LogP contribution >= 0.6 is 15.9 Å². The average Bonchev–Trinajstić information content (AvgIpc) is 1.50. The highest BCUT2D eigenvalue weighted by atomic mass is 79.9. The molecule has 5 heterocycles. The number of aromatic nitrogens is 8. The molecule has 26 aromatic rings. The molecule has 0 radical (unpaired) electrons. The van der Waals surface area contributed by atoms with Crippen molar-refractivity contribution in [1.29, 1.82) is 0 Å². The molecule has 10 nitrogen and oxygen atoms in total. The maximum atomic E-state index is 6.33. The van der Waals surface area contributed by atoms with Crippen molar-refractivity contribution in [2.75, 3.05) is 0 Å². The lowest BCUT2D eigenvalue weighted by molar-refractivity contribution is 0.00578. The molecular weight excluding hydrogens is 1840 g/mol. The first kappa shape index (κ1) is 85.3. The Balaban J connectivity index is 0.000000111. The average molecular weight is 1930 g/mol. The Labute approximate surface area is 851 Å². The minimum Gasteiger partial charge on any atom is -0.399 e. The monoisotopic (exact) mass is 1930 g/mol. The van der Waals surface area contributed by atoms with Crippen LogP contribution in [0, 0.1) is 0 Å². The van der Waals surface area contributed by atoms with E-state index in [1.165, 1.54) is 154 Å². The van der Waals surface area contributed by atoms with Crippen LogP contribution in [0.25, 0.3) is 221 Å². The summed E-state index contributed by atoms with van der Waals surface area (Å²) in [6, 6.07) is 167. The molecule has 0 amide bonds. The first-order valence-corrected chi connectivity index (χ1v) is 50.9. The van der Waals surface area contributed by atoms with E-state index in [9.17, 15) is 0 Å². The topological polar surface area (TPSA) is 106 Å². The molecule has 4 aliphatic carbocycles. The van der Waals surface area contributed by atoms with E-state index in [4.69, 9.17) is 39.2 Å². The van der Waals surface area contributed by atoms with Crippen LogP contribution < -0.4 is 5.46 Å². The standard InChI is InChI=1S/C64H38N4.C37H21Br.C33H29BN4O2/c1-2-17-39(18-3-1)61-65-62(67-63(66-61)68-59-31-14-10-27-49(59)50-28-11-15-32-60(50)68)42-20-16-19-40(35-42)41-33-34-57-53(36-41)54-37-51-45-23-6-4-21-43(45)44-22-5-7-24-46(44)52(51)38-58(54)64(57)55-29-12-8-25-47(55)48-26-9-13-30-56(48)64;38-22-17-18-35-31(19-22)32-20-29-25-11-3-1-9-23(25)24-10-2-4-12-26(24)30(29)21-36(32)37(35)33-15-7-5-13-27(33)28-14-6-8-16-34(28)37;1-32(2)33(3,4)40-34(39-32)24-16-12-15-23(21-24)30-35-29(22-13-6-5-7-14-22)36-31(37-30)38-27-19-10-8-17-25(27)26-18-9-11-20-28(26)38/h1-38H;1-21H;5-21H,1-4H3. The van der Waals surface area contributed by atoms with Gasteiger partial charge in [-0.1, -0.05) is 404 Å². The van der Waals surface area contributed by atoms with Crippen molar-refractivity contribution in [1.82, 2.24) is 39.0 Å². The molecule has 31 rings (SSSR count). The van der Waals surface area contributed by atoms with Crippen LogP contribution in [0.15, 0.2) is 466 Å². The van der Waals surface area contributed by atoms with E-state index in [1.807, 2.05) is 78.9 Å². The normalized spacial score (nSPS) is 14.2. The number of rotatable bonds is 8. The van der Waals surface area contributed by atoms with Crippen LogP contribution in [-0.4, -0.2) is 57.4 Å². The molecule has 0 unspecified atom stereocenters. The Morgan fingerprint density at radius 2 is 0.473 bits per heavy atom. The summed E-state index contributed by atoms with van der Waals surface area (Å²) in [5, 5.41) is 20.2. The van der Waals surface area contributed by atoms with Gasteiger partial charge < -0.3 is 9.31 Å². The van der Waals surface area contributed by atoms with Gasteiger partial charge in [0.2, 0.25) is 11.9 Å². The minimum absolute atomic E-state index is 0.334. The van der Waals surface area contributed by atoms with Gasteiger partial charge in [-0.2, -0.15) is 19.9 Å². The van der Waals surface area contributed by atoms with Crippen molar-refractivity contribution >= 4 is 137 Å². The molecule has 0 atom stereocenters. The van der Waals surface area contributed by atoms with Crippen molar-refractivity contribution in [3.63, 3.8) is 0 Å². The molecule has 146 heavy (non-hydrogen) atoms. The third-order valence-electron chi connectivity index (χ3n) is 31.9. The molecule has 1 aliphatic heterocycles. The van der Waals surface area contributed by atoms with E-state index in [0.29, 0.717) is 35.2 Å². The fourth-order valence-electron chi connectivity index (χ4n) is 24.8. The summed E-state index contributed by atoms with van der Waals surface area (Å²) < 4.78 is 18.1. The molecule has 22 aromatic carbocycles. The Morgan fingerprint density at radius 3 is 0.863 bits per heavy atom. The third-order valence-corrected chi connectivity index (χ3v) is 32.4. The van der Waals surface area contributed by atoms with Gasteiger partial charge in [-0.25, -0.2) is 9.97 Å². The highest BCUT2D eigenvalue weighted by molar-refractivity contribution is 9.10. The summed E-state index contributed by atoms with van der Waals surface area (Å²) in [5.41, 5.74) is 30.7. The summed E-state index contributed by atoms with van der Waals surface area (Å²) in [4.78, 5) is 30.7. The number of fused-ring (bicyclic) bond motifs is 38. The summed E-state index contributed by atoms with van der Waals surface area (Å²) in [7, 11) is -0.475. The van der Waals surface area contributed by atoms with E-state index in [-0.39, 0.29) is 5.41 Å². The molecular formula is C134H88BBrN8O2. The van der Waals surface area contributed by atoms with Crippen LogP contribution in [0.3, 0.4) is 0 Å². The van der Waals surface area contributed by atoms with Crippen molar-refractivity contribution in [2.24, 2.45) is 0 Å². The van der Waals surface area contributed by atoms with Crippen molar-refractivity contribution in [3.8, 4) is 113 Å². The van der Waals surface area contributed by atoms with Crippen molar-refractivity contribution in [3.05, 3.63) is 510 Å². The fourth-order valence-corrected chi connectivity index (χ4v) is 25.1. The number of nitrogens with zero attached hydrogens (tertiary/aromatic N) is 8. The molecule has 1 fully saturated rings. The van der Waals surface area contributed by atoms with Crippen LogP contribution in [0.1, 0.15) is 72.2 Å². The Bertz CT molecular complexity index is 9830.